The number of rotatable bonds is 22. The molecular weight excluding hydrogens is 855 g/mol. The first-order chi connectivity index (χ1) is 26.1. The number of fused-ring (bicyclic) bond motifs is 1. The van der Waals surface area contributed by atoms with Crippen LogP contribution in [-0.2, 0) is 55.5 Å². The fraction of sp³-hybridized carbons (Fsp3) is 0.654. The molecule has 8 atom stereocenters. The van der Waals surface area contributed by atoms with Gasteiger partial charge in [0.2, 0.25) is 11.8 Å². The van der Waals surface area contributed by atoms with E-state index >= 15 is 0 Å². The van der Waals surface area contributed by atoms with Gasteiger partial charge >= 0.3 is 29.4 Å². The molecule has 2 aromatic rings. The van der Waals surface area contributed by atoms with Crippen molar-refractivity contribution >= 4 is 75.1 Å². The van der Waals surface area contributed by atoms with E-state index in [4.69, 9.17) is 24.6 Å². The largest absolute Gasteiger partial charge is 0.481 e. The van der Waals surface area contributed by atoms with Gasteiger partial charge in [0.15, 0.2) is 28.4 Å². The Labute approximate surface area is 326 Å². The summed E-state index contributed by atoms with van der Waals surface area (Å²) in [5.41, 5.74) is 1.93. The summed E-state index contributed by atoms with van der Waals surface area (Å²) in [7, 11) is -16.5. The van der Waals surface area contributed by atoms with Gasteiger partial charge in [-0.05, 0) is 6.92 Å². The number of aliphatic hydroxyl groups is 3. The van der Waals surface area contributed by atoms with E-state index in [0.29, 0.717) is 11.8 Å². The molecule has 31 heteroatoms. The number of aromatic nitrogens is 4. The molecule has 0 aromatic carbocycles. The summed E-state index contributed by atoms with van der Waals surface area (Å²) in [6.07, 6.45) is -7.85. The van der Waals surface area contributed by atoms with Crippen LogP contribution in [0.5, 0.6) is 0 Å². The van der Waals surface area contributed by atoms with Gasteiger partial charge < -0.3 is 61.1 Å². The molecule has 12 N–H and O–H groups in total. The fourth-order valence-electron chi connectivity index (χ4n) is 4.70. The molecule has 2 amide bonds. The van der Waals surface area contributed by atoms with Crippen molar-refractivity contribution in [1.29, 1.82) is 0 Å². The highest BCUT2D eigenvalue weighted by molar-refractivity contribution is 8.13. The Bertz CT molecular complexity index is 1930. The molecule has 0 saturated carbocycles. The number of carboxylic acid groups (broad SMARTS) is 1. The number of aliphatic hydroxyl groups excluding tert-OH is 2. The lowest BCUT2D eigenvalue weighted by Crippen LogP contribution is -2.46. The molecule has 2 aromatic heterocycles. The van der Waals surface area contributed by atoms with Crippen LogP contribution < -0.4 is 16.4 Å². The van der Waals surface area contributed by atoms with Crippen LogP contribution in [0, 0.1) is 5.41 Å². The van der Waals surface area contributed by atoms with Gasteiger partial charge in [0.05, 0.1) is 26.0 Å². The molecular formula is C26H42N7O20P3S. The van der Waals surface area contributed by atoms with Crippen molar-refractivity contribution in [1.82, 2.24) is 30.2 Å². The molecule has 1 fully saturated rings. The number of ether oxygens (including phenoxy) is 1. The molecule has 322 valence electrons. The van der Waals surface area contributed by atoms with E-state index in [1.54, 1.807) is 0 Å². The van der Waals surface area contributed by atoms with E-state index in [-0.39, 0.29) is 42.2 Å². The molecule has 3 rings (SSSR count). The zero-order valence-corrected chi connectivity index (χ0v) is 33.6. The zero-order valence-electron chi connectivity index (χ0n) is 30.1. The fourth-order valence-corrected chi connectivity index (χ4v) is 8.35. The lowest BCUT2D eigenvalue weighted by atomic mass is 9.87. The van der Waals surface area contributed by atoms with Crippen molar-refractivity contribution in [3.05, 3.63) is 12.7 Å². The van der Waals surface area contributed by atoms with Crippen molar-refractivity contribution in [3.8, 4) is 0 Å². The standard InChI is InChI=1S/C26H42N7O20P3S/c1-25(2,19(37)22(38)29-5-4-14(34)28-6-7-57-15(35)8-26(3,41)24(39)40)10-50-56(47,48)53-55(45,46)49-9-13-18(52-54(42,43)44)17(36)23(51-13)33-12-32-16-20(27)30-11-31-21(16)33/h11-13,17-19,23,36-37,41H,4-10H2,1-3H3,(H,28,34)(H,29,38)(H,39,40)(H,45,46)(H,47,48)(H2,27,30,31)(H2,42,43,44)/t13-,17-,18-,19?,23-,26?/m1/s1. The zero-order chi connectivity index (χ0) is 43.1. The Morgan fingerprint density at radius 2 is 1.68 bits per heavy atom. The van der Waals surface area contributed by atoms with Crippen molar-refractivity contribution in [2.75, 3.05) is 37.8 Å². The summed E-state index contributed by atoms with van der Waals surface area (Å²) < 4.78 is 61.9. The summed E-state index contributed by atoms with van der Waals surface area (Å²) >= 11 is 0.691. The van der Waals surface area contributed by atoms with Crippen LogP contribution in [0.2, 0.25) is 0 Å². The van der Waals surface area contributed by atoms with Gasteiger partial charge in [-0.1, -0.05) is 25.6 Å². The quantitative estimate of drug-likeness (QED) is 0.0445. The normalized spacial score (nSPS) is 22.6. The SMILES string of the molecule is CC(O)(CC(=O)SCCNC(=O)CCNC(=O)C(O)C(C)(C)COP(=O)(O)OP(=O)(O)OC[C@H]1O[C@@H](n2cnc3c(N)ncnc32)[C@H](O)[C@@H]1OP(=O)(O)O)C(=O)O. The number of nitrogens with one attached hydrogen (secondary N) is 2. The lowest BCUT2D eigenvalue weighted by Gasteiger charge is -2.30. The molecule has 0 bridgehead atoms. The Kier molecular flexibility index (Phi) is 16.4. The van der Waals surface area contributed by atoms with Crippen LogP contribution in [0.3, 0.4) is 0 Å². The Balaban J connectivity index is 1.48. The molecule has 0 radical (unpaired) electrons. The van der Waals surface area contributed by atoms with Gasteiger partial charge in [0.1, 0.15) is 36.3 Å². The van der Waals surface area contributed by atoms with Crippen molar-refractivity contribution in [2.45, 2.75) is 69.9 Å². The number of aliphatic carboxylic acids is 1. The minimum Gasteiger partial charge on any atom is -0.479 e. The second kappa shape index (κ2) is 19.4. The average Bonchev–Trinajstić information content (AvgIpc) is 3.64. The van der Waals surface area contributed by atoms with Crippen LogP contribution in [0.1, 0.15) is 39.8 Å². The van der Waals surface area contributed by atoms with Gasteiger partial charge in [-0.15, -0.1) is 0 Å². The van der Waals surface area contributed by atoms with Gasteiger partial charge in [-0.25, -0.2) is 33.4 Å². The summed E-state index contributed by atoms with van der Waals surface area (Å²) in [6, 6.07) is 0. The van der Waals surface area contributed by atoms with E-state index in [9.17, 15) is 67.8 Å². The first-order valence-corrected chi connectivity index (χ1v) is 21.7. The summed E-state index contributed by atoms with van der Waals surface area (Å²) in [6.45, 7) is 0.988. The number of imidazole rings is 1. The van der Waals surface area contributed by atoms with Crippen LogP contribution in [0.15, 0.2) is 12.7 Å². The van der Waals surface area contributed by atoms with Crippen molar-refractivity contribution in [3.63, 3.8) is 0 Å². The molecule has 1 aliphatic rings. The topological polar surface area (TPSA) is 421 Å². The number of phosphoric ester groups is 3. The van der Waals surface area contributed by atoms with Gasteiger partial charge in [0.25, 0.3) is 0 Å². The van der Waals surface area contributed by atoms with Crippen LogP contribution in [0.4, 0.5) is 5.82 Å². The predicted octanol–water partition coefficient (Wildman–Crippen LogP) is -2.11. The average molecular weight is 898 g/mol. The first-order valence-electron chi connectivity index (χ1n) is 16.1. The molecule has 4 unspecified atom stereocenters. The molecule has 1 saturated heterocycles. The molecule has 0 aliphatic carbocycles. The number of anilines is 1. The Morgan fingerprint density at radius 1 is 1.04 bits per heavy atom. The molecule has 3 heterocycles. The third-order valence-corrected chi connectivity index (χ3v) is 11.7. The minimum absolute atomic E-state index is 0.0136. The maximum absolute atomic E-state index is 12.7. The monoisotopic (exact) mass is 897 g/mol. The summed E-state index contributed by atoms with van der Waals surface area (Å²) in [4.78, 5) is 98.1. The van der Waals surface area contributed by atoms with Crippen molar-refractivity contribution in [2.24, 2.45) is 5.41 Å². The van der Waals surface area contributed by atoms with Gasteiger partial charge in [0, 0.05) is 30.7 Å². The van der Waals surface area contributed by atoms with Crippen molar-refractivity contribution < 1.29 is 95.5 Å². The Hall–Kier alpha value is -3.01. The molecule has 1 aliphatic heterocycles. The minimum atomic E-state index is -5.60. The van der Waals surface area contributed by atoms with Gasteiger partial charge in [-0.2, -0.15) is 4.31 Å². The smallest absolute Gasteiger partial charge is 0.479 e. The number of nitrogen functional groups attached to an aromatic ring is 1. The van der Waals surface area contributed by atoms with E-state index in [0.717, 1.165) is 24.1 Å². The van der Waals surface area contributed by atoms with Crippen LogP contribution >= 0.6 is 35.2 Å². The summed E-state index contributed by atoms with van der Waals surface area (Å²) in [5.74, 6) is -3.18. The number of thioether (sulfide) groups is 1. The highest BCUT2D eigenvalue weighted by Gasteiger charge is 2.50. The highest BCUT2D eigenvalue weighted by Crippen LogP contribution is 2.61. The van der Waals surface area contributed by atoms with E-state index in [2.05, 4.69) is 34.4 Å². The molecule has 0 spiro atoms. The van der Waals surface area contributed by atoms with Crippen LogP contribution in [-0.4, -0.2) is 144 Å². The predicted molar refractivity (Wildman–Crippen MR) is 190 cm³/mol. The summed E-state index contributed by atoms with van der Waals surface area (Å²) in [5, 5.41) is 44.0. The number of hydrogen-bond donors (Lipinski definition) is 11. The maximum atomic E-state index is 12.7. The number of hydrogen-bond acceptors (Lipinski definition) is 20. The molecule has 27 nitrogen and oxygen atoms in total. The lowest BCUT2D eigenvalue weighted by molar-refractivity contribution is -0.158. The molecule has 57 heavy (non-hydrogen) atoms. The number of amides is 2. The van der Waals surface area contributed by atoms with Crippen LogP contribution in [0.25, 0.3) is 11.2 Å². The van der Waals surface area contributed by atoms with Gasteiger partial charge in [-0.3, -0.25) is 32.5 Å². The number of carboxylic acids is 1. The maximum Gasteiger partial charge on any atom is 0.481 e. The number of carbonyl (C=O) groups excluding carboxylic acids is 3. The highest BCUT2D eigenvalue weighted by atomic mass is 32.2. The number of carbonyl (C=O) groups is 4. The second-order valence-electron chi connectivity index (χ2n) is 13.0. The second-order valence-corrected chi connectivity index (χ2v) is 18.4. The number of nitrogens with two attached hydrogens (primary N) is 1. The Morgan fingerprint density at radius 3 is 2.32 bits per heavy atom. The van der Waals surface area contributed by atoms with E-state index in [1.807, 2.05) is 0 Å². The third-order valence-electron chi connectivity index (χ3n) is 7.71. The number of nitrogens with zero attached hydrogens (tertiary/aromatic N) is 4. The first kappa shape index (κ1) is 48.4. The van der Waals surface area contributed by atoms with E-state index in [1.165, 1.54) is 13.8 Å². The van der Waals surface area contributed by atoms with E-state index < -0.39 is 108 Å². The number of phosphoric acid groups is 3. The third kappa shape index (κ3) is 14.3.